The van der Waals surface area contributed by atoms with Gasteiger partial charge in [-0.3, -0.25) is 0 Å². The molecule has 8 heteroatoms. The smallest absolute Gasteiger partial charge is 0.404 e. The number of amides is 1. The van der Waals surface area contributed by atoms with Crippen LogP contribution in [0.5, 0.6) is 0 Å². The molecule has 0 atom stereocenters. The fourth-order valence-corrected chi connectivity index (χ4v) is 4.04. The zero-order chi connectivity index (χ0) is 17.1. The third-order valence-corrected chi connectivity index (χ3v) is 5.32. The number of hydrogen-bond donors (Lipinski definition) is 3. The lowest BCUT2D eigenvalue weighted by molar-refractivity contribution is 0.185. The molecule has 1 aromatic carbocycles. The van der Waals surface area contributed by atoms with Crippen molar-refractivity contribution >= 4 is 54.8 Å². The monoisotopic (exact) mass is 456 g/mol. The minimum atomic E-state index is -0.947. The SMILES string of the molecule is O=C(O)NC1CCC(Nc2ncc3cc(Br)cc(CBr)c3n2)CC1. The molecule has 1 amide bonds. The first kappa shape index (κ1) is 17.4. The van der Waals surface area contributed by atoms with Gasteiger partial charge in [-0.2, -0.15) is 0 Å². The molecule has 128 valence electrons. The molecule has 0 spiro atoms. The Labute approximate surface area is 156 Å². The van der Waals surface area contributed by atoms with Crippen molar-refractivity contribution in [1.82, 2.24) is 15.3 Å². The Balaban J connectivity index is 1.70. The molecule has 24 heavy (non-hydrogen) atoms. The van der Waals surface area contributed by atoms with E-state index in [2.05, 4.69) is 58.5 Å². The second-order valence-electron chi connectivity index (χ2n) is 5.97. The third-order valence-electron chi connectivity index (χ3n) is 4.26. The number of carboxylic acid groups (broad SMARTS) is 1. The molecule has 0 unspecified atom stereocenters. The standard InChI is InChI=1S/C16H18Br2N4O2/c17-7-9-5-11(18)6-10-8-19-15(22-14(9)10)20-12-1-3-13(4-2-12)21-16(23)24/h5-6,8,12-13,21H,1-4,7H2,(H,23,24)(H,19,20,22). The number of anilines is 1. The second-order valence-corrected chi connectivity index (χ2v) is 7.45. The van der Waals surface area contributed by atoms with Gasteiger partial charge in [0.25, 0.3) is 0 Å². The van der Waals surface area contributed by atoms with Gasteiger partial charge in [0.15, 0.2) is 0 Å². The minimum Gasteiger partial charge on any atom is -0.465 e. The highest BCUT2D eigenvalue weighted by atomic mass is 79.9. The number of halogens is 2. The van der Waals surface area contributed by atoms with Crippen LogP contribution in [-0.2, 0) is 5.33 Å². The van der Waals surface area contributed by atoms with E-state index in [1.165, 1.54) is 0 Å². The lowest BCUT2D eigenvalue weighted by atomic mass is 9.91. The summed E-state index contributed by atoms with van der Waals surface area (Å²) in [6.45, 7) is 0. The van der Waals surface area contributed by atoms with Gasteiger partial charge >= 0.3 is 6.09 Å². The molecule has 0 bridgehead atoms. The summed E-state index contributed by atoms with van der Waals surface area (Å²) >= 11 is 7.01. The van der Waals surface area contributed by atoms with Gasteiger partial charge in [0, 0.05) is 33.5 Å². The number of hydrogen-bond acceptors (Lipinski definition) is 4. The molecule has 1 aliphatic rings. The van der Waals surface area contributed by atoms with Crippen molar-refractivity contribution in [3.63, 3.8) is 0 Å². The fraction of sp³-hybridized carbons (Fsp3) is 0.438. The molecule has 0 radical (unpaired) electrons. The average molecular weight is 458 g/mol. The van der Waals surface area contributed by atoms with E-state index in [1.54, 1.807) is 0 Å². The molecule has 1 fully saturated rings. The van der Waals surface area contributed by atoms with Crippen molar-refractivity contribution in [1.29, 1.82) is 0 Å². The number of nitrogens with zero attached hydrogens (tertiary/aromatic N) is 2. The van der Waals surface area contributed by atoms with E-state index in [0.717, 1.165) is 52.0 Å². The van der Waals surface area contributed by atoms with Gasteiger partial charge in [-0.25, -0.2) is 14.8 Å². The van der Waals surface area contributed by atoms with Crippen molar-refractivity contribution < 1.29 is 9.90 Å². The number of benzene rings is 1. The first-order chi connectivity index (χ1) is 11.5. The van der Waals surface area contributed by atoms with Crippen LogP contribution in [-0.4, -0.2) is 33.3 Å². The van der Waals surface area contributed by atoms with E-state index >= 15 is 0 Å². The van der Waals surface area contributed by atoms with E-state index in [1.807, 2.05) is 12.3 Å². The highest BCUT2D eigenvalue weighted by molar-refractivity contribution is 9.10. The largest absolute Gasteiger partial charge is 0.465 e. The van der Waals surface area contributed by atoms with Gasteiger partial charge in [-0.1, -0.05) is 31.9 Å². The van der Waals surface area contributed by atoms with Crippen LogP contribution >= 0.6 is 31.9 Å². The Morgan fingerprint density at radius 2 is 1.96 bits per heavy atom. The van der Waals surface area contributed by atoms with Crippen LogP contribution in [0.4, 0.5) is 10.7 Å². The molecule has 2 aromatic rings. The second kappa shape index (κ2) is 7.65. The van der Waals surface area contributed by atoms with Crippen LogP contribution in [0.3, 0.4) is 0 Å². The van der Waals surface area contributed by atoms with Gasteiger partial charge in [0.1, 0.15) is 0 Å². The highest BCUT2D eigenvalue weighted by Crippen LogP contribution is 2.26. The van der Waals surface area contributed by atoms with Crippen molar-refractivity contribution in [2.45, 2.75) is 43.1 Å². The molecule has 1 aromatic heterocycles. The van der Waals surface area contributed by atoms with Crippen LogP contribution in [0.15, 0.2) is 22.8 Å². The lowest BCUT2D eigenvalue weighted by Gasteiger charge is -2.28. The summed E-state index contributed by atoms with van der Waals surface area (Å²) in [4.78, 5) is 19.8. The molecule has 3 rings (SSSR count). The predicted octanol–water partition coefficient (Wildman–Crippen LogP) is 4.28. The molecular weight excluding hydrogens is 440 g/mol. The van der Waals surface area contributed by atoms with Gasteiger partial charge in [-0.05, 0) is 43.4 Å². The highest BCUT2D eigenvalue weighted by Gasteiger charge is 2.22. The van der Waals surface area contributed by atoms with Gasteiger partial charge < -0.3 is 15.7 Å². The van der Waals surface area contributed by atoms with E-state index in [4.69, 9.17) is 5.11 Å². The number of aromatic nitrogens is 2. The number of nitrogens with one attached hydrogen (secondary N) is 2. The maximum atomic E-state index is 10.7. The molecule has 3 N–H and O–H groups in total. The van der Waals surface area contributed by atoms with E-state index in [0.29, 0.717) is 5.95 Å². The summed E-state index contributed by atoms with van der Waals surface area (Å²) in [5.74, 6) is 0.627. The van der Waals surface area contributed by atoms with Gasteiger partial charge in [-0.15, -0.1) is 0 Å². The first-order valence-electron chi connectivity index (χ1n) is 7.82. The van der Waals surface area contributed by atoms with Crippen LogP contribution in [0.1, 0.15) is 31.2 Å². The molecule has 1 heterocycles. The number of carbonyl (C=O) groups is 1. The zero-order valence-corrected chi connectivity index (χ0v) is 16.1. The topological polar surface area (TPSA) is 87.1 Å². The maximum absolute atomic E-state index is 10.7. The molecule has 1 aliphatic carbocycles. The maximum Gasteiger partial charge on any atom is 0.404 e. The molecule has 0 saturated heterocycles. The van der Waals surface area contributed by atoms with Gasteiger partial charge in [0.2, 0.25) is 5.95 Å². The van der Waals surface area contributed by atoms with Gasteiger partial charge in [0.05, 0.1) is 5.52 Å². The molecular formula is C16H18Br2N4O2. The Hall–Kier alpha value is -1.41. The quantitative estimate of drug-likeness (QED) is 0.596. The summed E-state index contributed by atoms with van der Waals surface area (Å²) in [6, 6.07) is 4.39. The normalized spacial score (nSPS) is 20.8. The molecule has 6 nitrogen and oxygen atoms in total. The van der Waals surface area contributed by atoms with Crippen LogP contribution in [0.2, 0.25) is 0 Å². The summed E-state index contributed by atoms with van der Waals surface area (Å²) < 4.78 is 1.01. The number of fused-ring (bicyclic) bond motifs is 1. The summed E-state index contributed by atoms with van der Waals surface area (Å²) in [5.41, 5.74) is 2.05. The van der Waals surface area contributed by atoms with Crippen molar-refractivity contribution in [3.8, 4) is 0 Å². The zero-order valence-electron chi connectivity index (χ0n) is 12.9. The number of rotatable bonds is 4. The van der Waals surface area contributed by atoms with Crippen molar-refractivity contribution in [2.75, 3.05) is 5.32 Å². The Kier molecular flexibility index (Phi) is 5.55. The van der Waals surface area contributed by atoms with E-state index in [-0.39, 0.29) is 12.1 Å². The fourth-order valence-electron chi connectivity index (χ4n) is 3.09. The Bertz CT molecular complexity index is 748. The summed E-state index contributed by atoms with van der Waals surface area (Å²) in [5, 5.41) is 16.5. The van der Waals surface area contributed by atoms with E-state index < -0.39 is 6.09 Å². The Morgan fingerprint density at radius 1 is 1.25 bits per heavy atom. The minimum absolute atomic E-state index is 0.0513. The average Bonchev–Trinajstić information content (AvgIpc) is 2.55. The molecule has 0 aliphatic heterocycles. The third kappa shape index (κ3) is 4.16. The van der Waals surface area contributed by atoms with Crippen LogP contribution in [0, 0.1) is 0 Å². The number of alkyl halides is 1. The van der Waals surface area contributed by atoms with Crippen LogP contribution < -0.4 is 10.6 Å². The molecule has 1 saturated carbocycles. The summed E-state index contributed by atoms with van der Waals surface area (Å²) in [6.07, 6.45) is 4.35. The Morgan fingerprint density at radius 3 is 2.62 bits per heavy atom. The lowest BCUT2D eigenvalue weighted by Crippen LogP contribution is -2.39. The van der Waals surface area contributed by atoms with Crippen molar-refractivity contribution in [3.05, 3.63) is 28.4 Å². The summed E-state index contributed by atoms with van der Waals surface area (Å²) in [7, 11) is 0. The van der Waals surface area contributed by atoms with E-state index in [9.17, 15) is 4.79 Å². The van der Waals surface area contributed by atoms with Crippen LogP contribution in [0.25, 0.3) is 10.9 Å². The predicted molar refractivity (Wildman–Crippen MR) is 101 cm³/mol. The first-order valence-corrected chi connectivity index (χ1v) is 9.73. The van der Waals surface area contributed by atoms with Crippen molar-refractivity contribution in [2.24, 2.45) is 0 Å².